The van der Waals surface area contributed by atoms with E-state index in [9.17, 15) is 9.59 Å². The van der Waals surface area contributed by atoms with Crippen molar-refractivity contribution < 1.29 is 4.79 Å². The zero-order valence-corrected chi connectivity index (χ0v) is 13.4. The van der Waals surface area contributed by atoms with Crippen LogP contribution in [0.25, 0.3) is 5.69 Å². The van der Waals surface area contributed by atoms with Crippen LogP contribution in [0.5, 0.6) is 0 Å². The van der Waals surface area contributed by atoms with Crippen LogP contribution in [-0.2, 0) is 0 Å². The predicted octanol–water partition coefficient (Wildman–Crippen LogP) is 0.727. The van der Waals surface area contributed by atoms with Crippen LogP contribution in [0.15, 0.2) is 35.1 Å². The SMILES string of the molecule is CN1CCC(N(C)C(=O)c2nn(-c3ccccc3)c(=O)[nH]2)CC1. The molecule has 2 heterocycles. The van der Waals surface area contributed by atoms with Crippen LogP contribution >= 0.6 is 0 Å². The molecule has 3 rings (SSSR count). The maximum Gasteiger partial charge on any atom is 0.348 e. The second-order valence-corrected chi connectivity index (χ2v) is 5.98. The Bertz CT molecular complexity index is 728. The van der Waals surface area contributed by atoms with Gasteiger partial charge in [-0.2, -0.15) is 4.68 Å². The molecule has 1 fully saturated rings. The first-order chi connectivity index (χ1) is 11.1. The highest BCUT2D eigenvalue weighted by Crippen LogP contribution is 2.15. The largest absolute Gasteiger partial charge is 0.348 e. The minimum absolute atomic E-state index is 0.0836. The molecule has 0 spiro atoms. The first kappa shape index (κ1) is 15.5. The summed E-state index contributed by atoms with van der Waals surface area (Å²) in [5, 5.41) is 4.16. The molecule has 1 N–H and O–H groups in total. The van der Waals surface area contributed by atoms with Crippen molar-refractivity contribution in [3.05, 3.63) is 46.6 Å². The average Bonchev–Trinajstić information content (AvgIpc) is 2.97. The van der Waals surface area contributed by atoms with Crippen molar-refractivity contribution in [2.75, 3.05) is 27.2 Å². The Kier molecular flexibility index (Phi) is 4.29. The van der Waals surface area contributed by atoms with E-state index in [0.717, 1.165) is 25.9 Å². The molecular weight excluding hydrogens is 294 g/mol. The monoisotopic (exact) mass is 315 g/mol. The molecule has 7 nitrogen and oxygen atoms in total. The summed E-state index contributed by atoms with van der Waals surface area (Å²) < 4.78 is 1.22. The highest BCUT2D eigenvalue weighted by atomic mass is 16.2. The summed E-state index contributed by atoms with van der Waals surface area (Å²) in [6.07, 6.45) is 1.87. The average molecular weight is 315 g/mol. The maximum atomic E-state index is 12.6. The van der Waals surface area contributed by atoms with Crippen molar-refractivity contribution in [2.24, 2.45) is 0 Å². The molecule has 0 bridgehead atoms. The van der Waals surface area contributed by atoms with Gasteiger partial charge in [0, 0.05) is 13.1 Å². The van der Waals surface area contributed by atoms with Gasteiger partial charge in [-0.15, -0.1) is 5.10 Å². The lowest BCUT2D eigenvalue weighted by Gasteiger charge is -2.34. The molecule has 1 aliphatic rings. The number of carbonyl (C=O) groups is 1. The number of amides is 1. The second kappa shape index (κ2) is 6.37. The number of hydrogen-bond donors (Lipinski definition) is 1. The number of para-hydroxylation sites is 1. The molecule has 0 unspecified atom stereocenters. The smallest absolute Gasteiger partial charge is 0.336 e. The molecule has 0 saturated carbocycles. The number of rotatable bonds is 3. The van der Waals surface area contributed by atoms with Gasteiger partial charge in [0.05, 0.1) is 5.69 Å². The van der Waals surface area contributed by atoms with E-state index in [1.54, 1.807) is 24.1 Å². The molecule has 0 atom stereocenters. The summed E-state index contributed by atoms with van der Waals surface area (Å²) in [5.74, 6) is -0.161. The molecule has 2 aromatic rings. The van der Waals surface area contributed by atoms with E-state index in [1.807, 2.05) is 18.2 Å². The van der Waals surface area contributed by atoms with Crippen LogP contribution in [0.2, 0.25) is 0 Å². The number of hydrogen-bond acceptors (Lipinski definition) is 4. The van der Waals surface area contributed by atoms with Gasteiger partial charge in [0.1, 0.15) is 0 Å². The van der Waals surface area contributed by atoms with Crippen molar-refractivity contribution in [1.82, 2.24) is 24.6 Å². The lowest BCUT2D eigenvalue weighted by molar-refractivity contribution is 0.0647. The number of aromatic amines is 1. The summed E-state index contributed by atoms with van der Waals surface area (Å²) in [7, 11) is 3.86. The fourth-order valence-corrected chi connectivity index (χ4v) is 2.88. The van der Waals surface area contributed by atoms with Gasteiger partial charge < -0.3 is 9.80 Å². The minimum Gasteiger partial charge on any atom is -0.336 e. The standard InChI is InChI=1S/C16H21N5O2/c1-19-10-8-12(9-11-19)20(2)15(22)14-17-16(23)21(18-14)13-6-4-3-5-7-13/h3-7,12H,8-11H2,1-2H3,(H,17,18,23). The molecule has 0 radical (unpaired) electrons. The quantitative estimate of drug-likeness (QED) is 0.906. The third-order valence-corrected chi connectivity index (χ3v) is 4.38. The van der Waals surface area contributed by atoms with Gasteiger partial charge in [-0.3, -0.25) is 9.78 Å². The van der Waals surface area contributed by atoms with Crippen molar-refractivity contribution in [2.45, 2.75) is 18.9 Å². The first-order valence-corrected chi connectivity index (χ1v) is 7.76. The van der Waals surface area contributed by atoms with Gasteiger partial charge >= 0.3 is 5.69 Å². The number of benzene rings is 1. The molecule has 1 saturated heterocycles. The van der Waals surface area contributed by atoms with Crippen LogP contribution in [0.1, 0.15) is 23.5 Å². The van der Waals surface area contributed by atoms with Crippen molar-refractivity contribution >= 4 is 5.91 Å². The van der Waals surface area contributed by atoms with Crippen LogP contribution in [0.3, 0.4) is 0 Å². The molecule has 122 valence electrons. The lowest BCUT2D eigenvalue weighted by Crippen LogP contribution is -2.44. The summed E-state index contributed by atoms with van der Waals surface area (Å²) in [4.78, 5) is 31.2. The molecule has 1 amide bonds. The van der Waals surface area contributed by atoms with Crippen LogP contribution in [0, 0.1) is 0 Å². The lowest BCUT2D eigenvalue weighted by atomic mass is 10.0. The Labute approximate surface area is 134 Å². The summed E-state index contributed by atoms with van der Waals surface area (Å²) >= 11 is 0. The topological polar surface area (TPSA) is 74.2 Å². The zero-order chi connectivity index (χ0) is 16.4. The van der Waals surface area contributed by atoms with Gasteiger partial charge in [-0.25, -0.2) is 4.79 Å². The first-order valence-electron chi connectivity index (χ1n) is 7.76. The molecule has 0 aliphatic carbocycles. The van der Waals surface area contributed by atoms with Gasteiger partial charge in [-0.1, -0.05) is 18.2 Å². The van der Waals surface area contributed by atoms with Gasteiger partial charge in [0.25, 0.3) is 5.91 Å². The van der Waals surface area contributed by atoms with Crippen LogP contribution in [0.4, 0.5) is 0 Å². The highest BCUT2D eigenvalue weighted by molar-refractivity contribution is 5.90. The summed E-state index contributed by atoms with van der Waals surface area (Å²) in [6.45, 7) is 1.94. The third kappa shape index (κ3) is 3.19. The fraction of sp³-hybridized carbons (Fsp3) is 0.438. The summed E-state index contributed by atoms with van der Waals surface area (Å²) in [6, 6.07) is 9.24. The normalized spacial score (nSPS) is 16.4. The van der Waals surface area contributed by atoms with E-state index in [2.05, 4.69) is 22.0 Å². The number of likely N-dealkylation sites (tertiary alicyclic amines) is 1. The number of aromatic nitrogens is 3. The number of carbonyl (C=O) groups excluding carboxylic acids is 1. The Balaban J connectivity index is 1.79. The highest BCUT2D eigenvalue weighted by Gasteiger charge is 2.27. The van der Waals surface area contributed by atoms with Gasteiger partial charge in [-0.05, 0) is 45.1 Å². The van der Waals surface area contributed by atoms with E-state index < -0.39 is 5.69 Å². The third-order valence-electron chi connectivity index (χ3n) is 4.38. The van der Waals surface area contributed by atoms with E-state index in [-0.39, 0.29) is 17.8 Å². The number of nitrogens with one attached hydrogen (secondary N) is 1. The molecule has 1 aromatic carbocycles. The van der Waals surface area contributed by atoms with E-state index in [1.165, 1.54) is 4.68 Å². The van der Waals surface area contributed by atoms with Crippen molar-refractivity contribution in [3.63, 3.8) is 0 Å². The Morgan fingerprint density at radius 1 is 1.26 bits per heavy atom. The summed E-state index contributed by atoms with van der Waals surface area (Å²) in [5.41, 5.74) is 0.228. The van der Waals surface area contributed by atoms with E-state index in [0.29, 0.717) is 5.69 Å². The van der Waals surface area contributed by atoms with Crippen LogP contribution < -0.4 is 5.69 Å². The van der Waals surface area contributed by atoms with Crippen LogP contribution in [-0.4, -0.2) is 63.7 Å². The second-order valence-electron chi connectivity index (χ2n) is 5.98. The molecular formula is C16H21N5O2. The molecule has 23 heavy (non-hydrogen) atoms. The molecule has 7 heteroatoms. The van der Waals surface area contributed by atoms with Gasteiger partial charge in [0.15, 0.2) is 0 Å². The Morgan fingerprint density at radius 2 is 1.91 bits per heavy atom. The van der Waals surface area contributed by atoms with E-state index >= 15 is 0 Å². The van der Waals surface area contributed by atoms with Crippen molar-refractivity contribution in [1.29, 1.82) is 0 Å². The zero-order valence-electron chi connectivity index (χ0n) is 13.4. The Hall–Kier alpha value is -2.41. The van der Waals surface area contributed by atoms with Crippen molar-refractivity contribution in [3.8, 4) is 5.69 Å². The minimum atomic E-state index is -0.406. The molecule has 1 aromatic heterocycles. The number of nitrogens with zero attached hydrogens (tertiary/aromatic N) is 4. The number of H-pyrrole nitrogens is 1. The van der Waals surface area contributed by atoms with E-state index in [4.69, 9.17) is 0 Å². The predicted molar refractivity (Wildman–Crippen MR) is 86.8 cm³/mol. The van der Waals surface area contributed by atoms with Gasteiger partial charge in [0.2, 0.25) is 5.82 Å². The maximum absolute atomic E-state index is 12.6. The fourth-order valence-electron chi connectivity index (χ4n) is 2.88. The number of piperidine rings is 1. The Morgan fingerprint density at radius 3 is 2.57 bits per heavy atom. The molecule has 1 aliphatic heterocycles.